The molecular formula is C27H24ClF3N6O4. The molecule has 14 heteroatoms. The number of nitrogens with one attached hydrogen (secondary N) is 1. The molecule has 0 atom stereocenters. The highest BCUT2D eigenvalue weighted by Crippen LogP contribution is 2.32. The van der Waals surface area contributed by atoms with Crippen LogP contribution in [0.25, 0.3) is 11.5 Å². The van der Waals surface area contributed by atoms with Crippen LogP contribution in [0, 0.1) is 17.5 Å². The van der Waals surface area contributed by atoms with Gasteiger partial charge in [0.25, 0.3) is 5.56 Å². The first kappa shape index (κ1) is 25.6. The summed E-state index contributed by atoms with van der Waals surface area (Å²) in [6.07, 6.45) is 3.75. The van der Waals surface area contributed by atoms with Gasteiger partial charge in [0.1, 0.15) is 34.5 Å². The fourth-order valence-electron chi connectivity index (χ4n) is 4.39. The fraction of sp³-hybridized carbons (Fsp3) is 0.296. The quantitative estimate of drug-likeness (QED) is 0.359. The van der Waals surface area contributed by atoms with E-state index in [9.17, 15) is 22.8 Å². The Morgan fingerprint density at radius 1 is 1.22 bits per heavy atom. The first-order valence-electron chi connectivity index (χ1n) is 13.3. The van der Waals surface area contributed by atoms with Crippen LogP contribution in [0.1, 0.15) is 47.0 Å². The van der Waals surface area contributed by atoms with Crippen LogP contribution in [0.5, 0.6) is 11.5 Å². The van der Waals surface area contributed by atoms with Crippen molar-refractivity contribution in [2.45, 2.75) is 45.7 Å². The smallest absolute Gasteiger partial charge is 0.278 e. The number of hydrogen-bond donors (Lipinski definition) is 1. The van der Waals surface area contributed by atoms with Crippen molar-refractivity contribution in [1.82, 2.24) is 29.6 Å². The van der Waals surface area contributed by atoms with E-state index in [1.54, 1.807) is 13.8 Å². The Morgan fingerprint density at radius 3 is 2.73 bits per heavy atom. The maximum absolute atomic E-state index is 15.0. The Hall–Kier alpha value is -4.39. The molecule has 41 heavy (non-hydrogen) atoms. The number of carbonyl (C=O) groups is 1. The van der Waals surface area contributed by atoms with Crippen molar-refractivity contribution in [3.63, 3.8) is 0 Å². The number of nitrogens with zero attached hydrogens (tertiary/aromatic N) is 5. The van der Waals surface area contributed by atoms with E-state index in [-0.39, 0.29) is 47.6 Å². The third-order valence-electron chi connectivity index (χ3n) is 6.15. The van der Waals surface area contributed by atoms with Gasteiger partial charge in [-0.25, -0.2) is 22.8 Å². The number of halogens is 4. The van der Waals surface area contributed by atoms with Crippen LogP contribution in [0.4, 0.5) is 13.2 Å². The van der Waals surface area contributed by atoms with Gasteiger partial charge in [-0.1, -0.05) is 11.6 Å². The van der Waals surface area contributed by atoms with Gasteiger partial charge in [0, 0.05) is 30.8 Å². The Kier molecular flexibility index (Phi) is 6.79. The third-order valence-corrected chi connectivity index (χ3v) is 6.50. The zero-order valence-electron chi connectivity index (χ0n) is 24.0. The van der Waals surface area contributed by atoms with Crippen LogP contribution in [0.15, 0.2) is 41.6 Å². The van der Waals surface area contributed by atoms with Gasteiger partial charge in [0.15, 0.2) is 23.2 Å². The number of rotatable bonds is 6. The molecule has 214 valence electrons. The van der Waals surface area contributed by atoms with Crippen LogP contribution in [0.2, 0.25) is 5.02 Å². The zero-order chi connectivity index (χ0) is 31.3. The molecule has 1 N–H and O–H groups in total. The maximum Gasteiger partial charge on any atom is 0.278 e. The van der Waals surface area contributed by atoms with Crippen molar-refractivity contribution in [2.75, 3.05) is 6.61 Å². The van der Waals surface area contributed by atoms with E-state index in [0.717, 1.165) is 10.9 Å². The molecule has 0 unspecified atom stereocenters. The van der Waals surface area contributed by atoms with Crippen LogP contribution in [0.3, 0.4) is 0 Å². The van der Waals surface area contributed by atoms with E-state index in [1.165, 1.54) is 29.8 Å². The van der Waals surface area contributed by atoms with E-state index in [2.05, 4.69) is 20.4 Å². The summed E-state index contributed by atoms with van der Waals surface area (Å²) in [6.45, 7) is 1.80. The molecule has 4 aromatic heterocycles. The average Bonchev–Trinajstić information content (AvgIpc) is 3.30. The lowest BCUT2D eigenvalue weighted by Crippen LogP contribution is -2.40. The minimum atomic E-state index is -2.92. The minimum Gasteiger partial charge on any atom is -0.490 e. The second-order valence-electron chi connectivity index (χ2n) is 9.68. The molecule has 0 aromatic carbocycles. The van der Waals surface area contributed by atoms with Gasteiger partial charge < -0.3 is 14.8 Å². The molecule has 5 rings (SSSR count). The Morgan fingerprint density at radius 2 is 2.00 bits per heavy atom. The molecule has 0 fully saturated rings. The summed E-state index contributed by atoms with van der Waals surface area (Å²) in [5, 5.41) is 6.37. The van der Waals surface area contributed by atoms with Crippen molar-refractivity contribution < 1.29 is 30.2 Å². The van der Waals surface area contributed by atoms with Crippen molar-refractivity contribution in [2.24, 2.45) is 0 Å². The highest BCUT2D eigenvalue weighted by molar-refractivity contribution is 6.31. The lowest BCUT2D eigenvalue weighted by molar-refractivity contribution is -0.120. The molecule has 0 saturated carbocycles. The predicted molar refractivity (Wildman–Crippen MR) is 141 cm³/mol. The summed E-state index contributed by atoms with van der Waals surface area (Å²) >= 11 is 6.36. The van der Waals surface area contributed by atoms with E-state index >= 15 is 0 Å². The second kappa shape index (κ2) is 10.9. The van der Waals surface area contributed by atoms with Gasteiger partial charge in [-0.05, 0) is 26.7 Å². The Bertz CT molecular complexity index is 1810. The molecule has 4 aromatic rings. The first-order valence-corrected chi connectivity index (χ1v) is 12.7. The first-order chi connectivity index (χ1) is 20.2. The molecule has 0 radical (unpaired) electrons. The third kappa shape index (κ3) is 5.62. The zero-order valence-corrected chi connectivity index (χ0v) is 22.7. The molecule has 5 heterocycles. The molecule has 1 aliphatic heterocycles. The van der Waals surface area contributed by atoms with Gasteiger partial charge in [-0.3, -0.25) is 19.1 Å². The summed E-state index contributed by atoms with van der Waals surface area (Å²) in [7, 11) is 0. The van der Waals surface area contributed by atoms with Crippen LogP contribution >= 0.6 is 11.6 Å². The van der Waals surface area contributed by atoms with Gasteiger partial charge in [-0.15, -0.1) is 0 Å². The molecule has 10 nitrogen and oxygen atoms in total. The van der Waals surface area contributed by atoms with E-state index in [4.69, 9.17) is 23.8 Å². The number of hydrogen-bond acceptors (Lipinski definition) is 7. The van der Waals surface area contributed by atoms with Gasteiger partial charge >= 0.3 is 0 Å². The number of ether oxygens (including phenoxy) is 2. The van der Waals surface area contributed by atoms with Gasteiger partial charge in [-0.2, -0.15) is 5.10 Å². The number of aromatic nitrogens is 5. The second-order valence-corrected chi connectivity index (χ2v) is 10.1. The summed E-state index contributed by atoms with van der Waals surface area (Å²) in [6, 6.07) is 3.22. The van der Waals surface area contributed by atoms with Gasteiger partial charge in [0.05, 0.1) is 39.2 Å². The molecule has 0 saturated heterocycles. The van der Waals surface area contributed by atoms with Crippen molar-refractivity contribution in [3.8, 4) is 23.0 Å². The summed E-state index contributed by atoms with van der Waals surface area (Å²) < 4.78 is 72.5. The largest absolute Gasteiger partial charge is 0.490 e. The molecular weight excluding hydrogens is 565 g/mol. The molecule has 0 aliphatic carbocycles. The highest BCUT2D eigenvalue weighted by atomic mass is 35.5. The standard InChI is InChI=1S/C27H24ClF3N6O4/c1-14(38)34-27(2,3)25-18(31)12-36(35-25)23-9-20-22(11-33-23)40-6-4-5-16-8-21(24(28)26(39)37(16)20)41-13-19-17(30)7-15(29)10-32-19/h7-12H,4-6,13H2,1-3H3,(H,34,38)/i13D2. The van der Waals surface area contributed by atoms with Crippen LogP contribution < -0.4 is 20.3 Å². The number of pyridine rings is 3. The monoisotopic (exact) mass is 590 g/mol. The maximum atomic E-state index is 15.0. The Labute approximate surface area is 239 Å². The topological polar surface area (TPSA) is 113 Å². The number of amides is 1. The normalized spacial score (nSPS) is 14.0. The average molecular weight is 591 g/mol. The van der Waals surface area contributed by atoms with Gasteiger partial charge in [0.2, 0.25) is 5.91 Å². The summed E-state index contributed by atoms with van der Waals surface area (Å²) in [5.41, 5.74) is -2.31. The summed E-state index contributed by atoms with van der Waals surface area (Å²) in [4.78, 5) is 33.0. The SMILES string of the molecule is [2H]C([2H])(Oc1cc2n(c(=O)c1Cl)-c1cc(-n3cc(F)c(C(C)(C)NC(C)=O)n3)ncc1OCCC2)c1ncc(F)cc1F. The summed E-state index contributed by atoms with van der Waals surface area (Å²) in [5.74, 6) is -3.44. The fourth-order valence-corrected chi connectivity index (χ4v) is 4.57. The molecule has 0 bridgehead atoms. The lowest BCUT2D eigenvalue weighted by atomic mass is 10.0. The Balaban J connectivity index is 1.59. The lowest BCUT2D eigenvalue weighted by Gasteiger charge is -2.23. The number of carbonyl (C=O) groups excluding carboxylic acids is 1. The minimum absolute atomic E-state index is 0.0451. The number of fused-ring (bicyclic) bond motifs is 3. The highest BCUT2D eigenvalue weighted by Gasteiger charge is 2.30. The van der Waals surface area contributed by atoms with E-state index in [1.807, 2.05) is 0 Å². The molecule has 1 aliphatic rings. The predicted octanol–water partition coefficient (Wildman–Crippen LogP) is 4.16. The van der Waals surface area contributed by atoms with E-state index < -0.39 is 45.8 Å². The van der Waals surface area contributed by atoms with Crippen LogP contribution in [-0.4, -0.2) is 36.8 Å². The van der Waals surface area contributed by atoms with Crippen molar-refractivity contribution >= 4 is 17.5 Å². The van der Waals surface area contributed by atoms with Crippen LogP contribution in [-0.2, 0) is 23.3 Å². The van der Waals surface area contributed by atoms with Crippen molar-refractivity contribution in [1.29, 1.82) is 0 Å². The molecule has 0 spiro atoms. The van der Waals surface area contributed by atoms with Crippen molar-refractivity contribution in [3.05, 3.63) is 86.7 Å². The number of aryl methyl sites for hydroxylation is 1. The van der Waals surface area contributed by atoms with E-state index in [0.29, 0.717) is 24.4 Å². The molecule has 1 amide bonds.